The average Bonchev–Trinajstić information content (AvgIpc) is 3.62. The molecule has 1 aromatic heterocycles. The predicted octanol–water partition coefficient (Wildman–Crippen LogP) is 14.7. The van der Waals surface area contributed by atoms with E-state index in [9.17, 15) is 0 Å². The van der Waals surface area contributed by atoms with E-state index in [1.54, 1.807) is 0 Å². The lowest BCUT2D eigenvalue weighted by Crippen LogP contribution is -2.03. The van der Waals surface area contributed by atoms with Gasteiger partial charge in [-0.3, -0.25) is 0 Å². The van der Waals surface area contributed by atoms with E-state index in [4.69, 9.17) is 0 Å². The molecule has 0 radical (unpaired) electrons. The molecule has 1 atom stereocenters. The van der Waals surface area contributed by atoms with Gasteiger partial charge in [-0.05, 0) is 98.0 Å². The quantitative estimate of drug-likeness (QED) is 0.140. The predicted molar refractivity (Wildman–Crippen MR) is 238 cm³/mol. The molecule has 1 heteroatoms. The van der Waals surface area contributed by atoms with Crippen molar-refractivity contribution in [1.82, 2.24) is 4.57 Å². The largest absolute Gasteiger partial charge is 0.309 e. The van der Waals surface area contributed by atoms with E-state index in [1.807, 2.05) is 0 Å². The maximum Gasteiger partial charge on any atom is 0.0541 e. The Labute approximate surface area is 328 Å². The number of aromatic nitrogens is 1. The molecule has 0 N–H and O–H groups in total. The Balaban J connectivity index is 0.909. The Morgan fingerprint density at radius 2 is 0.804 bits per heavy atom. The Kier molecular flexibility index (Phi) is 8.82. The molecule has 0 fully saturated rings. The molecule has 1 unspecified atom stereocenters. The molecule has 0 aliphatic heterocycles. The number of aryl methyl sites for hydroxylation is 1. The van der Waals surface area contributed by atoms with Gasteiger partial charge in [-0.25, -0.2) is 0 Å². The van der Waals surface area contributed by atoms with Crippen molar-refractivity contribution in [2.45, 2.75) is 18.8 Å². The third-order valence-corrected chi connectivity index (χ3v) is 11.5. The smallest absolute Gasteiger partial charge is 0.0541 e. The van der Waals surface area contributed by atoms with Crippen LogP contribution in [0.5, 0.6) is 0 Å². The molecule has 0 saturated carbocycles. The first-order chi connectivity index (χ1) is 27.8. The maximum atomic E-state index is 2.38. The van der Waals surface area contributed by atoms with Gasteiger partial charge >= 0.3 is 0 Å². The standard InChI is InChI=1S/C55H41N/c1-2-11-40(12-3-1)42-26-28-45(29-27-42)49(46-30-32-47(33-31-46)51-18-10-14-44-13-4-5-15-50(44)51)38-23-39-21-24-41(25-22-39)43-34-36-48(37-35-43)56-54-19-8-6-16-52(54)53-17-7-9-20-55(53)56/h1-22,24-37,49H,23,38H2. The van der Waals surface area contributed by atoms with Crippen LogP contribution < -0.4 is 0 Å². The zero-order valence-corrected chi connectivity index (χ0v) is 31.2. The van der Waals surface area contributed by atoms with Crippen LogP contribution in [0.4, 0.5) is 0 Å². The first-order valence-corrected chi connectivity index (χ1v) is 19.7. The lowest BCUT2D eigenvalue weighted by Gasteiger charge is -2.20. The minimum Gasteiger partial charge on any atom is -0.309 e. The summed E-state index contributed by atoms with van der Waals surface area (Å²) in [4.78, 5) is 0. The summed E-state index contributed by atoms with van der Waals surface area (Å²) in [6.45, 7) is 0. The minimum atomic E-state index is 0.273. The Morgan fingerprint density at radius 3 is 1.43 bits per heavy atom. The van der Waals surface area contributed by atoms with Gasteiger partial charge in [0.15, 0.2) is 0 Å². The maximum absolute atomic E-state index is 2.38. The summed E-state index contributed by atoms with van der Waals surface area (Å²) in [7, 11) is 0. The molecule has 0 amide bonds. The molecule has 10 rings (SSSR count). The zero-order valence-electron chi connectivity index (χ0n) is 31.2. The monoisotopic (exact) mass is 715 g/mol. The molecule has 9 aromatic carbocycles. The Hall–Kier alpha value is -6.96. The van der Waals surface area contributed by atoms with Crippen LogP contribution in [-0.4, -0.2) is 4.57 Å². The summed E-state index contributed by atoms with van der Waals surface area (Å²) in [5.41, 5.74) is 15.2. The number of rotatable bonds is 9. The number of hydrogen-bond acceptors (Lipinski definition) is 0. The van der Waals surface area contributed by atoms with Gasteiger partial charge in [0.2, 0.25) is 0 Å². The van der Waals surface area contributed by atoms with Crippen LogP contribution in [0.2, 0.25) is 0 Å². The fraction of sp³-hybridized carbons (Fsp3) is 0.0545. The van der Waals surface area contributed by atoms with Gasteiger partial charge in [0.25, 0.3) is 0 Å². The SMILES string of the molecule is c1ccc(-c2ccc(C(CCc3ccc(-c4ccc(-n5c6ccccc6c6ccccc65)cc4)cc3)c3ccc(-c4cccc5ccccc45)cc3)cc2)cc1. The van der Waals surface area contributed by atoms with E-state index in [0.29, 0.717) is 0 Å². The molecule has 0 aliphatic carbocycles. The molecule has 0 spiro atoms. The summed E-state index contributed by atoms with van der Waals surface area (Å²) in [6, 6.07) is 80.0. The topological polar surface area (TPSA) is 4.93 Å². The minimum absolute atomic E-state index is 0.273. The lowest BCUT2D eigenvalue weighted by atomic mass is 9.84. The van der Waals surface area contributed by atoms with Crippen molar-refractivity contribution >= 4 is 32.6 Å². The van der Waals surface area contributed by atoms with Gasteiger partial charge in [0, 0.05) is 22.4 Å². The third-order valence-electron chi connectivity index (χ3n) is 11.5. The van der Waals surface area contributed by atoms with E-state index in [-0.39, 0.29) is 5.92 Å². The number of hydrogen-bond donors (Lipinski definition) is 0. The fourth-order valence-corrected chi connectivity index (χ4v) is 8.61. The molecule has 56 heavy (non-hydrogen) atoms. The van der Waals surface area contributed by atoms with Crippen molar-refractivity contribution in [3.05, 3.63) is 235 Å². The van der Waals surface area contributed by atoms with Crippen molar-refractivity contribution in [1.29, 1.82) is 0 Å². The second kappa shape index (κ2) is 14.7. The summed E-state index contributed by atoms with van der Waals surface area (Å²) in [6.07, 6.45) is 2.01. The molecule has 0 bridgehead atoms. The highest BCUT2D eigenvalue weighted by molar-refractivity contribution is 6.09. The number of fused-ring (bicyclic) bond motifs is 4. The first kappa shape index (κ1) is 33.6. The van der Waals surface area contributed by atoms with Crippen molar-refractivity contribution in [3.8, 4) is 39.1 Å². The summed E-state index contributed by atoms with van der Waals surface area (Å²) in [5.74, 6) is 0.273. The summed E-state index contributed by atoms with van der Waals surface area (Å²) < 4.78 is 2.38. The van der Waals surface area contributed by atoms with Gasteiger partial charge in [-0.15, -0.1) is 0 Å². The molecule has 1 nitrogen and oxygen atoms in total. The van der Waals surface area contributed by atoms with E-state index in [2.05, 4.69) is 223 Å². The molecule has 10 aromatic rings. The van der Waals surface area contributed by atoms with Crippen molar-refractivity contribution in [2.24, 2.45) is 0 Å². The van der Waals surface area contributed by atoms with Crippen LogP contribution in [0.25, 0.3) is 71.6 Å². The average molecular weight is 716 g/mol. The number of benzene rings is 9. The first-order valence-electron chi connectivity index (χ1n) is 19.7. The zero-order chi connectivity index (χ0) is 37.3. The highest BCUT2D eigenvalue weighted by Crippen LogP contribution is 2.36. The Bertz CT molecular complexity index is 2860. The van der Waals surface area contributed by atoms with E-state index >= 15 is 0 Å². The number of nitrogens with zero attached hydrogens (tertiary/aromatic N) is 1. The van der Waals surface area contributed by atoms with Crippen LogP contribution in [-0.2, 0) is 6.42 Å². The van der Waals surface area contributed by atoms with E-state index in [0.717, 1.165) is 12.8 Å². The van der Waals surface area contributed by atoms with Gasteiger partial charge in [-0.1, -0.05) is 194 Å². The molecule has 0 aliphatic rings. The highest BCUT2D eigenvalue weighted by Gasteiger charge is 2.17. The fourth-order valence-electron chi connectivity index (χ4n) is 8.61. The van der Waals surface area contributed by atoms with Crippen LogP contribution in [0.1, 0.15) is 29.0 Å². The highest BCUT2D eigenvalue weighted by atomic mass is 15.0. The molecular formula is C55H41N. The summed E-state index contributed by atoms with van der Waals surface area (Å²) >= 11 is 0. The van der Waals surface area contributed by atoms with Crippen molar-refractivity contribution in [2.75, 3.05) is 0 Å². The van der Waals surface area contributed by atoms with Crippen LogP contribution in [0.3, 0.4) is 0 Å². The summed E-state index contributed by atoms with van der Waals surface area (Å²) in [5, 5.41) is 5.13. The van der Waals surface area contributed by atoms with Gasteiger partial charge < -0.3 is 4.57 Å². The molecule has 266 valence electrons. The molecule has 1 heterocycles. The van der Waals surface area contributed by atoms with Crippen molar-refractivity contribution in [3.63, 3.8) is 0 Å². The van der Waals surface area contributed by atoms with Gasteiger partial charge in [0.1, 0.15) is 0 Å². The normalized spacial score (nSPS) is 12.0. The molecule has 0 saturated heterocycles. The molecular weight excluding hydrogens is 675 g/mol. The van der Waals surface area contributed by atoms with Crippen LogP contribution >= 0.6 is 0 Å². The van der Waals surface area contributed by atoms with E-state index in [1.165, 1.54) is 88.3 Å². The van der Waals surface area contributed by atoms with Crippen molar-refractivity contribution < 1.29 is 0 Å². The van der Waals surface area contributed by atoms with E-state index < -0.39 is 0 Å². The van der Waals surface area contributed by atoms with Crippen LogP contribution in [0, 0.1) is 0 Å². The number of para-hydroxylation sites is 2. The van der Waals surface area contributed by atoms with Gasteiger partial charge in [-0.2, -0.15) is 0 Å². The van der Waals surface area contributed by atoms with Gasteiger partial charge in [0.05, 0.1) is 11.0 Å². The lowest BCUT2D eigenvalue weighted by molar-refractivity contribution is 0.715. The second-order valence-corrected chi connectivity index (χ2v) is 14.8. The second-order valence-electron chi connectivity index (χ2n) is 14.8. The third kappa shape index (κ3) is 6.38. The Morgan fingerprint density at radius 1 is 0.339 bits per heavy atom. The van der Waals surface area contributed by atoms with Crippen LogP contribution in [0.15, 0.2) is 218 Å².